The molecule has 1 aliphatic rings. The zero-order chi connectivity index (χ0) is 14.8. The Morgan fingerprint density at radius 3 is 2.57 bits per heavy atom. The second-order valence-electron chi connectivity index (χ2n) is 5.50. The SMILES string of the molecule is O=C(O)C1CCN(C(=O)Cn2ccc3ccccc32)CC1. The number of benzene rings is 1. The van der Waals surface area contributed by atoms with Crippen LogP contribution in [0.1, 0.15) is 12.8 Å². The van der Waals surface area contributed by atoms with E-state index in [1.807, 2.05) is 41.1 Å². The second-order valence-corrected chi connectivity index (χ2v) is 5.50. The molecule has 0 saturated carbocycles. The lowest BCUT2D eigenvalue weighted by Gasteiger charge is -2.30. The summed E-state index contributed by atoms with van der Waals surface area (Å²) >= 11 is 0. The molecule has 2 heterocycles. The van der Waals surface area contributed by atoms with E-state index in [2.05, 4.69) is 0 Å². The summed E-state index contributed by atoms with van der Waals surface area (Å²) in [6.45, 7) is 1.38. The molecule has 5 heteroatoms. The van der Waals surface area contributed by atoms with Crippen molar-refractivity contribution in [3.8, 4) is 0 Å². The number of carboxylic acid groups (broad SMARTS) is 1. The average molecular weight is 286 g/mol. The molecular formula is C16H18N2O3. The number of rotatable bonds is 3. The van der Waals surface area contributed by atoms with Crippen molar-refractivity contribution in [1.82, 2.24) is 9.47 Å². The molecule has 0 unspecified atom stereocenters. The van der Waals surface area contributed by atoms with Gasteiger partial charge in [0.25, 0.3) is 0 Å². The van der Waals surface area contributed by atoms with Crippen molar-refractivity contribution in [3.05, 3.63) is 36.5 Å². The highest BCUT2D eigenvalue weighted by Gasteiger charge is 2.26. The van der Waals surface area contributed by atoms with Gasteiger partial charge in [-0.25, -0.2) is 0 Å². The fraction of sp³-hybridized carbons (Fsp3) is 0.375. The van der Waals surface area contributed by atoms with Gasteiger partial charge in [0.2, 0.25) is 5.91 Å². The topological polar surface area (TPSA) is 62.5 Å². The number of carboxylic acids is 1. The van der Waals surface area contributed by atoms with Crippen molar-refractivity contribution in [2.45, 2.75) is 19.4 Å². The van der Waals surface area contributed by atoms with Gasteiger partial charge in [-0.05, 0) is 30.4 Å². The first-order valence-corrected chi connectivity index (χ1v) is 7.19. The molecule has 1 saturated heterocycles. The van der Waals surface area contributed by atoms with E-state index in [4.69, 9.17) is 5.11 Å². The Morgan fingerprint density at radius 2 is 1.86 bits per heavy atom. The lowest BCUT2D eigenvalue weighted by Crippen LogP contribution is -2.41. The smallest absolute Gasteiger partial charge is 0.306 e. The van der Waals surface area contributed by atoms with Crippen molar-refractivity contribution in [2.75, 3.05) is 13.1 Å². The number of fused-ring (bicyclic) bond motifs is 1. The molecule has 0 spiro atoms. The zero-order valence-corrected chi connectivity index (χ0v) is 11.7. The number of hydrogen-bond acceptors (Lipinski definition) is 2. The van der Waals surface area contributed by atoms with Gasteiger partial charge in [0, 0.05) is 24.8 Å². The van der Waals surface area contributed by atoms with Crippen LogP contribution in [-0.2, 0) is 16.1 Å². The highest BCUT2D eigenvalue weighted by molar-refractivity contribution is 5.83. The lowest BCUT2D eigenvalue weighted by molar-refractivity contribution is -0.145. The van der Waals surface area contributed by atoms with Gasteiger partial charge in [0.05, 0.1) is 5.92 Å². The fourth-order valence-electron chi connectivity index (χ4n) is 2.90. The van der Waals surface area contributed by atoms with Gasteiger partial charge < -0.3 is 14.6 Å². The second kappa shape index (κ2) is 5.60. The van der Waals surface area contributed by atoms with E-state index in [9.17, 15) is 9.59 Å². The van der Waals surface area contributed by atoms with Gasteiger partial charge in [-0.3, -0.25) is 9.59 Å². The monoisotopic (exact) mass is 286 g/mol. The minimum atomic E-state index is -0.751. The van der Waals surface area contributed by atoms with E-state index in [0.717, 1.165) is 10.9 Å². The van der Waals surface area contributed by atoms with Crippen LogP contribution >= 0.6 is 0 Å². The minimum Gasteiger partial charge on any atom is -0.481 e. The van der Waals surface area contributed by atoms with Gasteiger partial charge in [0.1, 0.15) is 6.54 Å². The number of hydrogen-bond donors (Lipinski definition) is 1. The van der Waals surface area contributed by atoms with Crippen LogP contribution < -0.4 is 0 Å². The molecule has 110 valence electrons. The number of amides is 1. The molecular weight excluding hydrogens is 268 g/mol. The van der Waals surface area contributed by atoms with E-state index in [1.54, 1.807) is 4.90 Å². The Kier molecular flexibility index (Phi) is 3.64. The third-order valence-electron chi connectivity index (χ3n) is 4.18. The molecule has 3 rings (SSSR count). The molecule has 1 amide bonds. The quantitative estimate of drug-likeness (QED) is 0.938. The van der Waals surface area contributed by atoms with Crippen molar-refractivity contribution in [3.63, 3.8) is 0 Å². The maximum atomic E-state index is 12.3. The van der Waals surface area contributed by atoms with Gasteiger partial charge >= 0.3 is 5.97 Å². The summed E-state index contributed by atoms with van der Waals surface area (Å²) in [4.78, 5) is 25.0. The Labute approximate surface area is 122 Å². The highest BCUT2D eigenvalue weighted by atomic mass is 16.4. The minimum absolute atomic E-state index is 0.0557. The summed E-state index contributed by atoms with van der Waals surface area (Å²) in [6.07, 6.45) is 3.02. The van der Waals surface area contributed by atoms with Crippen LogP contribution in [-0.4, -0.2) is 39.5 Å². The summed E-state index contributed by atoms with van der Waals surface area (Å²) in [5.41, 5.74) is 1.05. The summed E-state index contributed by atoms with van der Waals surface area (Å²) < 4.78 is 1.95. The van der Waals surface area contributed by atoms with Gasteiger partial charge in [-0.2, -0.15) is 0 Å². The van der Waals surface area contributed by atoms with Crippen molar-refractivity contribution in [2.24, 2.45) is 5.92 Å². The summed E-state index contributed by atoms with van der Waals surface area (Å²) in [6, 6.07) is 9.96. The predicted octanol–water partition coefficient (Wildman–Crippen LogP) is 1.96. The number of aromatic nitrogens is 1. The molecule has 1 fully saturated rings. The first-order chi connectivity index (χ1) is 10.1. The summed E-state index contributed by atoms with van der Waals surface area (Å²) in [5.74, 6) is -1.000. The summed E-state index contributed by atoms with van der Waals surface area (Å²) in [5, 5.41) is 10.1. The molecule has 5 nitrogen and oxygen atoms in total. The van der Waals surface area contributed by atoms with Crippen LogP contribution in [0.2, 0.25) is 0 Å². The third-order valence-corrected chi connectivity index (χ3v) is 4.18. The number of piperidine rings is 1. The zero-order valence-electron chi connectivity index (χ0n) is 11.7. The van der Waals surface area contributed by atoms with Crippen LogP contribution in [0.25, 0.3) is 10.9 Å². The van der Waals surface area contributed by atoms with Crippen LogP contribution in [0, 0.1) is 5.92 Å². The Hall–Kier alpha value is -2.30. The van der Waals surface area contributed by atoms with Crippen molar-refractivity contribution >= 4 is 22.8 Å². The number of carbonyl (C=O) groups excluding carboxylic acids is 1. The Balaban J connectivity index is 1.66. The molecule has 0 atom stereocenters. The van der Waals surface area contributed by atoms with Gasteiger partial charge in [-0.1, -0.05) is 18.2 Å². The number of carbonyl (C=O) groups is 2. The van der Waals surface area contributed by atoms with Crippen molar-refractivity contribution in [1.29, 1.82) is 0 Å². The maximum absolute atomic E-state index is 12.3. The first kappa shape index (κ1) is 13.7. The van der Waals surface area contributed by atoms with E-state index in [-0.39, 0.29) is 11.8 Å². The van der Waals surface area contributed by atoms with E-state index < -0.39 is 5.97 Å². The molecule has 0 aliphatic carbocycles. The highest BCUT2D eigenvalue weighted by Crippen LogP contribution is 2.19. The van der Waals surface area contributed by atoms with E-state index in [1.165, 1.54) is 0 Å². The van der Waals surface area contributed by atoms with Crippen molar-refractivity contribution < 1.29 is 14.7 Å². The van der Waals surface area contributed by atoms with Crippen LogP contribution in [0.15, 0.2) is 36.5 Å². The Morgan fingerprint density at radius 1 is 1.14 bits per heavy atom. The van der Waals surface area contributed by atoms with Gasteiger partial charge in [-0.15, -0.1) is 0 Å². The lowest BCUT2D eigenvalue weighted by atomic mass is 9.97. The average Bonchev–Trinajstić information content (AvgIpc) is 2.91. The largest absolute Gasteiger partial charge is 0.481 e. The number of likely N-dealkylation sites (tertiary alicyclic amines) is 1. The molecule has 0 radical (unpaired) electrons. The molecule has 2 aromatic rings. The molecule has 1 aliphatic heterocycles. The summed E-state index contributed by atoms with van der Waals surface area (Å²) in [7, 11) is 0. The predicted molar refractivity (Wildman–Crippen MR) is 78.9 cm³/mol. The third kappa shape index (κ3) is 2.77. The molecule has 0 bridgehead atoms. The standard InChI is InChI=1S/C16H18N2O3/c19-15(17-8-6-13(7-9-17)16(20)21)11-18-10-5-12-3-1-2-4-14(12)18/h1-5,10,13H,6-9,11H2,(H,20,21). The number of para-hydroxylation sites is 1. The number of aliphatic carboxylic acids is 1. The normalized spacial score (nSPS) is 16.3. The molecule has 21 heavy (non-hydrogen) atoms. The molecule has 1 aromatic heterocycles. The molecule has 1 N–H and O–H groups in total. The van der Waals surface area contributed by atoms with E-state index in [0.29, 0.717) is 32.5 Å². The maximum Gasteiger partial charge on any atom is 0.306 e. The molecule has 1 aromatic carbocycles. The Bertz CT molecular complexity index is 669. The van der Waals surface area contributed by atoms with Crippen LogP contribution in [0.5, 0.6) is 0 Å². The number of nitrogens with zero attached hydrogens (tertiary/aromatic N) is 2. The van der Waals surface area contributed by atoms with Crippen LogP contribution in [0.4, 0.5) is 0 Å². The van der Waals surface area contributed by atoms with Crippen LogP contribution in [0.3, 0.4) is 0 Å². The van der Waals surface area contributed by atoms with Gasteiger partial charge in [0.15, 0.2) is 0 Å². The van der Waals surface area contributed by atoms with E-state index >= 15 is 0 Å². The fourth-order valence-corrected chi connectivity index (χ4v) is 2.90. The first-order valence-electron chi connectivity index (χ1n) is 7.19.